The van der Waals surface area contributed by atoms with E-state index in [1.807, 2.05) is 57.3 Å². The van der Waals surface area contributed by atoms with Crippen LogP contribution in [0.15, 0.2) is 42.5 Å². The molecule has 3 rings (SSSR count). The van der Waals surface area contributed by atoms with Gasteiger partial charge in [0, 0.05) is 12.6 Å². The predicted octanol–water partition coefficient (Wildman–Crippen LogP) is 4.75. The second kappa shape index (κ2) is 6.13. The number of carbonyl (C=O) groups is 1. The van der Waals surface area contributed by atoms with Crippen LogP contribution in [0.5, 0.6) is 0 Å². The van der Waals surface area contributed by atoms with Gasteiger partial charge < -0.3 is 4.90 Å². The molecule has 1 unspecified atom stereocenters. The van der Waals surface area contributed by atoms with E-state index in [2.05, 4.69) is 18.0 Å². The van der Waals surface area contributed by atoms with Gasteiger partial charge in [-0.3, -0.25) is 4.79 Å². The quantitative estimate of drug-likeness (QED) is 0.697. The number of carbonyl (C=O) groups excluding carboxylic acids is 1. The zero-order valence-corrected chi connectivity index (χ0v) is 14.6. The Bertz CT molecular complexity index is 836. The Balaban J connectivity index is 1.87. The molecule has 0 aliphatic carbocycles. The second-order valence-corrected chi connectivity index (χ2v) is 6.97. The molecule has 0 aliphatic rings. The number of fused-ring (bicyclic) bond motifs is 1. The molecule has 4 heteroatoms. The summed E-state index contributed by atoms with van der Waals surface area (Å²) in [5.41, 5.74) is 4.05. The van der Waals surface area contributed by atoms with Crippen molar-refractivity contribution in [2.45, 2.75) is 26.8 Å². The third-order valence-electron chi connectivity index (χ3n) is 4.32. The minimum Gasteiger partial charge on any atom is -0.333 e. The molecule has 3 nitrogen and oxygen atoms in total. The van der Waals surface area contributed by atoms with Gasteiger partial charge in [-0.15, -0.1) is 11.3 Å². The molecule has 0 saturated carbocycles. The molecule has 1 heterocycles. The average Bonchev–Trinajstić information content (AvgIpc) is 2.99. The number of nitrogens with zero attached hydrogens (tertiary/aromatic N) is 2. The molecule has 0 bridgehead atoms. The van der Waals surface area contributed by atoms with E-state index in [1.54, 1.807) is 16.2 Å². The van der Waals surface area contributed by atoms with Crippen LogP contribution in [-0.4, -0.2) is 22.8 Å². The highest BCUT2D eigenvalue weighted by Gasteiger charge is 2.22. The Morgan fingerprint density at radius 2 is 1.87 bits per heavy atom. The maximum Gasteiger partial charge on any atom is 0.254 e. The van der Waals surface area contributed by atoms with Crippen LogP contribution < -0.4 is 0 Å². The second-order valence-electron chi connectivity index (χ2n) is 5.91. The maximum absolute atomic E-state index is 12.7. The molecule has 0 fully saturated rings. The molecule has 0 aliphatic heterocycles. The molecule has 0 N–H and O–H groups in total. The van der Waals surface area contributed by atoms with Crippen molar-refractivity contribution in [2.24, 2.45) is 0 Å². The van der Waals surface area contributed by atoms with Crippen LogP contribution in [0.4, 0.5) is 0 Å². The number of hydrogen-bond acceptors (Lipinski definition) is 3. The number of aryl methyl sites for hydroxylation is 2. The van der Waals surface area contributed by atoms with Crippen LogP contribution in [-0.2, 0) is 0 Å². The van der Waals surface area contributed by atoms with Gasteiger partial charge >= 0.3 is 0 Å². The molecule has 23 heavy (non-hydrogen) atoms. The van der Waals surface area contributed by atoms with Gasteiger partial charge in [0.05, 0.1) is 16.3 Å². The topological polar surface area (TPSA) is 33.2 Å². The van der Waals surface area contributed by atoms with Crippen LogP contribution in [0.25, 0.3) is 10.2 Å². The van der Waals surface area contributed by atoms with Crippen molar-refractivity contribution in [1.29, 1.82) is 0 Å². The largest absolute Gasteiger partial charge is 0.333 e. The summed E-state index contributed by atoms with van der Waals surface area (Å²) in [4.78, 5) is 19.2. The highest BCUT2D eigenvalue weighted by Crippen LogP contribution is 2.29. The lowest BCUT2D eigenvalue weighted by molar-refractivity contribution is 0.0742. The number of para-hydroxylation sites is 1. The van der Waals surface area contributed by atoms with Crippen LogP contribution in [0.3, 0.4) is 0 Å². The molecule has 2 aromatic carbocycles. The molecule has 3 aromatic rings. The minimum atomic E-state index is -0.0542. The number of rotatable bonds is 3. The fourth-order valence-electron chi connectivity index (χ4n) is 2.49. The number of aromatic nitrogens is 1. The van der Waals surface area contributed by atoms with E-state index in [4.69, 9.17) is 0 Å². The van der Waals surface area contributed by atoms with E-state index in [9.17, 15) is 4.79 Å². The molecule has 118 valence electrons. The maximum atomic E-state index is 12.7. The van der Waals surface area contributed by atoms with E-state index < -0.39 is 0 Å². The Morgan fingerprint density at radius 3 is 2.57 bits per heavy atom. The van der Waals surface area contributed by atoms with Crippen molar-refractivity contribution in [1.82, 2.24) is 9.88 Å². The lowest BCUT2D eigenvalue weighted by Crippen LogP contribution is -2.29. The summed E-state index contributed by atoms with van der Waals surface area (Å²) >= 11 is 1.65. The normalized spacial score (nSPS) is 12.3. The van der Waals surface area contributed by atoms with Crippen LogP contribution in [0.2, 0.25) is 0 Å². The highest BCUT2D eigenvalue weighted by molar-refractivity contribution is 7.18. The standard InChI is InChI=1S/C19H20N2OS/c1-12-9-10-15(11-13(12)2)19(22)21(4)14(3)18-20-16-7-5-6-8-17(16)23-18/h5-11,14H,1-4H3. The Labute approximate surface area is 140 Å². The van der Waals surface area contributed by atoms with Crippen molar-refractivity contribution in [2.75, 3.05) is 7.05 Å². The van der Waals surface area contributed by atoms with E-state index >= 15 is 0 Å². The summed E-state index contributed by atoms with van der Waals surface area (Å²) in [6.07, 6.45) is 0. The van der Waals surface area contributed by atoms with Crippen LogP contribution >= 0.6 is 11.3 Å². The summed E-state index contributed by atoms with van der Waals surface area (Å²) in [5, 5.41) is 0.964. The van der Waals surface area contributed by atoms with E-state index in [0.29, 0.717) is 0 Å². The first kappa shape index (κ1) is 15.7. The van der Waals surface area contributed by atoms with E-state index in [1.165, 1.54) is 5.56 Å². The SMILES string of the molecule is Cc1ccc(C(=O)N(C)C(C)c2nc3ccccc3s2)cc1C. The van der Waals surface area contributed by atoms with Crippen molar-refractivity contribution in [3.63, 3.8) is 0 Å². The molecule has 0 saturated heterocycles. The first-order chi connectivity index (χ1) is 11.0. The average molecular weight is 324 g/mol. The van der Waals surface area contributed by atoms with Gasteiger partial charge in [-0.25, -0.2) is 4.98 Å². The third-order valence-corrected chi connectivity index (χ3v) is 5.53. The monoisotopic (exact) mass is 324 g/mol. The lowest BCUT2D eigenvalue weighted by Gasteiger charge is -2.23. The Kier molecular flexibility index (Phi) is 4.18. The lowest BCUT2D eigenvalue weighted by atomic mass is 10.1. The van der Waals surface area contributed by atoms with Crippen molar-refractivity contribution in [3.05, 3.63) is 64.2 Å². The van der Waals surface area contributed by atoms with Gasteiger partial charge in [-0.1, -0.05) is 18.2 Å². The number of thiazole rings is 1. The number of benzene rings is 2. The zero-order chi connectivity index (χ0) is 16.6. The Morgan fingerprint density at radius 1 is 1.13 bits per heavy atom. The molecule has 1 atom stereocenters. The zero-order valence-electron chi connectivity index (χ0n) is 13.8. The third kappa shape index (κ3) is 2.99. The predicted molar refractivity (Wildman–Crippen MR) is 96.0 cm³/mol. The summed E-state index contributed by atoms with van der Waals surface area (Å²) in [7, 11) is 1.84. The van der Waals surface area contributed by atoms with Crippen molar-refractivity contribution in [3.8, 4) is 0 Å². The summed E-state index contributed by atoms with van der Waals surface area (Å²) in [6.45, 7) is 6.11. The molecular weight excluding hydrogens is 304 g/mol. The molecule has 0 spiro atoms. The van der Waals surface area contributed by atoms with Gasteiger partial charge in [0.25, 0.3) is 5.91 Å². The van der Waals surface area contributed by atoms with Crippen molar-refractivity contribution >= 4 is 27.5 Å². The first-order valence-electron chi connectivity index (χ1n) is 7.67. The van der Waals surface area contributed by atoms with E-state index in [0.717, 1.165) is 26.4 Å². The number of hydrogen-bond donors (Lipinski definition) is 0. The number of amides is 1. The molecule has 1 aromatic heterocycles. The molecule has 0 radical (unpaired) electrons. The van der Waals surface area contributed by atoms with E-state index in [-0.39, 0.29) is 11.9 Å². The molecular formula is C19H20N2OS. The van der Waals surface area contributed by atoms with Gasteiger partial charge in [-0.2, -0.15) is 0 Å². The molecule has 1 amide bonds. The minimum absolute atomic E-state index is 0.0276. The fourth-order valence-corrected chi connectivity index (χ4v) is 3.55. The smallest absolute Gasteiger partial charge is 0.254 e. The van der Waals surface area contributed by atoms with Crippen LogP contribution in [0.1, 0.15) is 39.5 Å². The van der Waals surface area contributed by atoms with Crippen molar-refractivity contribution < 1.29 is 4.79 Å². The first-order valence-corrected chi connectivity index (χ1v) is 8.49. The van der Waals surface area contributed by atoms with Gasteiger partial charge in [0.2, 0.25) is 0 Å². The van der Waals surface area contributed by atoms with Gasteiger partial charge in [0.1, 0.15) is 5.01 Å². The Hall–Kier alpha value is -2.20. The fraction of sp³-hybridized carbons (Fsp3) is 0.263. The highest BCUT2D eigenvalue weighted by atomic mass is 32.1. The van der Waals surface area contributed by atoms with Gasteiger partial charge in [0.15, 0.2) is 0 Å². The summed E-state index contributed by atoms with van der Waals surface area (Å²) in [5.74, 6) is 0.0276. The summed E-state index contributed by atoms with van der Waals surface area (Å²) in [6, 6.07) is 13.9. The van der Waals surface area contributed by atoms with Crippen LogP contribution in [0, 0.1) is 13.8 Å². The summed E-state index contributed by atoms with van der Waals surface area (Å²) < 4.78 is 1.15. The van der Waals surface area contributed by atoms with Gasteiger partial charge in [-0.05, 0) is 56.2 Å².